The molecule has 1 amide bonds. The van der Waals surface area contributed by atoms with Gasteiger partial charge in [-0.3, -0.25) is 4.79 Å². The van der Waals surface area contributed by atoms with Crippen LogP contribution in [-0.4, -0.2) is 20.9 Å². The lowest BCUT2D eigenvalue weighted by molar-refractivity contribution is -0.121. The summed E-state index contributed by atoms with van der Waals surface area (Å²) in [6.07, 6.45) is 3.08. The molecule has 0 saturated heterocycles. The maximum absolute atomic E-state index is 11.8. The monoisotopic (exact) mass is 334 g/mol. The fraction of sp³-hybridized carbons (Fsp3) is 0.188. The van der Waals surface area contributed by atoms with Gasteiger partial charge in [0.2, 0.25) is 15.9 Å². The highest BCUT2D eigenvalue weighted by atomic mass is 32.2. The molecular formula is C16H18N2O4S. The number of furan rings is 1. The van der Waals surface area contributed by atoms with Crippen LogP contribution in [-0.2, 0) is 21.4 Å². The first kappa shape index (κ1) is 17.0. The van der Waals surface area contributed by atoms with Crippen LogP contribution >= 0.6 is 0 Å². The van der Waals surface area contributed by atoms with Crippen LogP contribution in [0, 0.1) is 0 Å². The van der Waals surface area contributed by atoms with Gasteiger partial charge in [0.15, 0.2) is 0 Å². The van der Waals surface area contributed by atoms with Crippen LogP contribution in [0.15, 0.2) is 58.6 Å². The molecule has 0 saturated carbocycles. The van der Waals surface area contributed by atoms with Crippen LogP contribution in [0.5, 0.6) is 0 Å². The molecule has 23 heavy (non-hydrogen) atoms. The summed E-state index contributed by atoms with van der Waals surface area (Å²) in [5, 5.41) is 3.73. The van der Waals surface area contributed by atoms with E-state index in [0.717, 1.165) is 11.0 Å². The van der Waals surface area contributed by atoms with Crippen LogP contribution in [0.3, 0.4) is 0 Å². The Kier molecular flexibility index (Phi) is 6.13. The fourth-order valence-electron chi connectivity index (χ4n) is 1.77. The fourth-order valence-corrected chi connectivity index (χ4v) is 2.59. The number of rotatable bonds is 8. The Bertz CT molecular complexity index is 738. The summed E-state index contributed by atoms with van der Waals surface area (Å²) in [6.45, 7) is 0.317. The van der Waals surface area contributed by atoms with Gasteiger partial charge in [-0.05, 0) is 23.8 Å². The second-order valence-corrected chi connectivity index (χ2v) is 6.41. The van der Waals surface area contributed by atoms with E-state index in [1.807, 2.05) is 18.2 Å². The molecular weight excluding hydrogens is 316 g/mol. The van der Waals surface area contributed by atoms with Crippen molar-refractivity contribution in [2.24, 2.45) is 0 Å². The van der Waals surface area contributed by atoms with Gasteiger partial charge in [-0.1, -0.05) is 30.3 Å². The lowest BCUT2D eigenvalue weighted by Crippen LogP contribution is -2.29. The van der Waals surface area contributed by atoms with Gasteiger partial charge < -0.3 is 9.73 Å². The van der Waals surface area contributed by atoms with Crippen LogP contribution in [0.4, 0.5) is 0 Å². The minimum absolute atomic E-state index is 0.0332. The van der Waals surface area contributed by atoms with E-state index in [0.29, 0.717) is 5.76 Å². The van der Waals surface area contributed by atoms with Crippen LogP contribution < -0.4 is 10.0 Å². The summed E-state index contributed by atoms with van der Waals surface area (Å²) in [7, 11) is -3.56. The summed E-state index contributed by atoms with van der Waals surface area (Å²) in [5.74, 6) is 0.390. The third-order valence-electron chi connectivity index (χ3n) is 2.93. The molecule has 1 heterocycles. The van der Waals surface area contributed by atoms with Crippen molar-refractivity contribution in [1.29, 1.82) is 0 Å². The Labute approximate surface area is 135 Å². The van der Waals surface area contributed by atoms with Crippen molar-refractivity contribution in [3.8, 4) is 0 Å². The molecule has 0 aliphatic heterocycles. The minimum Gasteiger partial charge on any atom is -0.467 e. The molecule has 1 aromatic carbocycles. The first-order valence-electron chi connectivity index (χ1n) is 7.07. The zero-order valence-corrected chi connectivity index (χ0v) is 13.3. The maximum atomic E-state index is 11.8. The van der Waals surface area contributed by atoms with Crippen molar-refractivity contribution in [3.63, 3.8) is 0 Å². The Balaban J connectivity index is 1.72. The van der Waals surface area contributed by atoms with Crippen LogP contribution in [0.2, 0.25) is 0 Å². The SMILES string of the molecule is O=C(CCNS(=O)(=O)C=Cc1ccccc1)NCc1ccco1. The zero-order valence-electron chi connectivity index (χ0n) is 12.4. The van der Waals surface area contributed by atoms with E-state index in [9.17, 15) is 13.2 Å². The highest BCUT2D eigenvalue weighted by Gasteiger charge is 2.07. The molecule has 1 aromatic heterocycles. The second kappa shape index (κ2) is 8.30. The number of benzene rings is 1. The Morgan fingerprint density at radius 3 is 2.61 bits per heavy atom. The summed E-state index contributed by atoms with van der Waals surface area (Å²) in [5.41, 5.74) is 0.786. The van der Waals surface area contributed by atoms with Crippen molar-refractivity contribution >= 4 is 22.0 Å². The number of sulfonamides is 1. The largest absolute Gasteiger partial charge is 0.467 e. The van der Waals surface area contributed by atoms with Gasteiger partial charge in [0.1, 0.15) is 5.76 Å². The molecule has 0 aliphatic rings. The van der Waals surface area contributed by atoms with Crippen molar-refractivity contribution in [2.75, 3.05) is 6.54 Å². The Morgan fingerprint density at radius 2 is 1.91 bits per heavy atom. The second-order valence-electron chi connectivity index (χ2n) is 4.76. The molecule has 0 atom stereocenters. The molecule has 0 fully saturated rings. The number of carbonyl (C=O) groups is 1. The lowest BCUT2D eigenvalue weighted by atomic mass is 10.2. The van der Waals surface area contributed by atoms with Gasteiger partial charge >= 0.3 is 0 Å². The maximum Gasteiger partial charge on any atom is 0.233 e. The molecule has 122 valence electrons. The third-order valence-corrected chi connectivity index (χ3v) is 4.04. The van der Waals surface area contributed by atoms with Gasteiger partial charge in [-0.25, -0.2) is 13.1 Å². The molecule has 2 rings (SSSR count). The number of nitrogens with one attached hydrogen (secondary N) is 2. The summed E-state index contributed by atoms with van der Waals surface area (Å²) < 4.78 is 31.0. The van der Waals surface area contributed by atoms with Gasteiger partial charge in [0, 0.05) is 18.4 Å². The quantitative estimate of drug-likeness (QED) is 0.771. The first-order valence-corrected chi connectivity index (χ1v) is 8.62. The number of hydrogen-bond acceptors (Lipinski definition) is 4. The van der Waals surface area contributed by atoms with Gasteiger partial charge in [0.25, 0.3) is 0 Å². The van der Waals surface area contributed by atoms with E-state index in [1.54, 1.807) is 24.3 Å². The number of amides is 1. The molecule has 2 aromatic rings. The number of hydrogen-bond donors (Lipinski definition) is 2. The van der Waals surface area contributed by atoms with Crippen molar-refractivity contribution < 1.29 is 17.6 Å². The third kappa shape index (κ3) is 6.50. The van der Waals surface area contributed by atoms with E-state index >= 15 is 0 Å². The zero-order chi connectivity index (χ0) is 16.5. The average Bonchev–Trinajstić information content (AvgIpc) is 3.05. The predicted molar refractivity (Wildman–Crippen MR) is 87.6 cm³/mol. The van der Waals surface area contributed by atoms with E-state index in [2.05, 4.69) is 10.0 Å². The Hall–Kier alpha value is -2.38. The van der Waals surface area contributed by atoms with Crippen molar-refractivity contribution in [1.82, 2.24) is 10.0 Å². The molecule has 0 bridgehead atoms. The predicted octanol–water partition coefficient (Wildman–Crippen LogP) is 1.88. The number of carbonyl (C=O) groups excluding carboxylic acids is 1. The molecule has 2 N–H and O–H groups in total. The van der Waals surface area contributed by atoms with Gasteiger partial charge in [-0.2, -0.15) is 0 Å². The standard InChI is InChI=1S/C16H18N2O4S/c19-16(17-13-15-7-4-11-22-15)8-10-18-23(20,21)12-9-14-5-2-1-3-6-14/h1-7,9,11-12,18H,8,10,13H2,(H,17,19). The van der Waals surface area contributed by atoms with Crippen LogP contribution in [0.1, 0.15) is 17.7 Å². The average molecular weight is 334 g/mol. The lowest BCUT2D eigenvalue weighted by Gasteiger charge is -2.04. The van der Waals surface area contributed by atoms with E-state index < -0.39 is 10.0 Å². The van der Waals surface area contributed by atoms with Crippen molar-refractivity contribution in [3.05, 3.63) is 65.5 Å². The topological polar surface area (TPSA) is 88.4 Å². The van der Waals surface area contributed by atoms with E-state index in [-0.39, 0.29) is 25.4 Å². The summed E-state index contributed by atoms with van der Waals surface area (Å²) in [6, 6.07) is 12.6. The molecule has 0 unspecified atom stereocenters. The van der Waals surface area contributed by atoms with E-state index in [4.69, 9.17) is 4.42 Å². The molecule has 0 aliphatic carbocycles. The molecule has 0 radical (unpaired) electrons. The molecule has 0 spiro atoms. The smallest absolute Gasteiger partial charge is 0.233 e. The minimum atomic E-state index is -3.56. The van der Waals surface area contributed by atoms with Gasteiger partial charge in [0.05, 0.1) is 12.8 Å². The summed E-state index contributed by atoms with van der Waals surface area (Å²) >= 11 is 0. The van der Waals surface area contributed by atoms with Gasteiger partial charge in [-0.15, -0.1) is 0 Å². The van der Waals surface area contributed by atoms with Crippen molar-refractivity contribution in [2.45, 2.75) is 13.0 Å². The highest BCUT2D eigenvalue weighted by Crippen LogP contribution is 2.03. The summed E-state index contributed by atoms with van der Waals surface area (Å²) in [4.78, 5) is 11.6. The Morgan fingerprint density at radius 1 is 1.13 bits per heavy atom. The molecule has 6 nitrogen and oxygen atoms in total. The van der Waals surface area contributed by atoms with Crippen LogP contribution in [0.25, 0.3) is 6.08 Å². The highest BCUT2D eigenvalue weighted by molar-refractivity contribution is 7.92. The van der Waals surface area contributed by atoms with E-state index in [1.165, 1.54) is 12.3 Å². The first-order chi connectivity index (χ1) is 11.1. The molecule has 7 heteroatoms. The normalized spacial score (nSPS) is 11.7.